The first-order valence-electron chi connectivity index (χ1n) is 12.9. The maximum absolute atomic E-state index is 13.6. The second-order valence-electron chi connectivity index (χ2n) is 9.85. The standard InChI is InChI=1S/C31H31N3O2/c1-4-18-33-27(20-12-6-8-14-22(20)30(33)35)26-24-16-10-11-17-25(24)32(3)29(26)28-21-13-7-9-15-23(21)31(36)34(28)19-5-2/h6-17,27-28H,4-5,18-19H2,1-3H3. The van der Waals surface area contributed by atoms with E-state index in [1.165, 1.54) is 0 Å². The molecule has 1 aromatic heterocycles. The normalized spacial score (nSPS) is 18.9. The van der Waals surface area contributed by atoms with Crippen LogP contribution in [0.3, 0.4) is 0 Å². The van der Waals surface area contributed by atoms with Crippen LogP contribution in [0.4, 0.5) is 0 Å². The molecule has 4 aromatic rings. The lowest BCUT2D eigenvalue weighted by atomic mass is 9.91. The Hall–Kier alpha value is -3.86. The molecule has 3 heterocycles. The van der Waals surface area contributed by atoms with E-state index in [0.29, 0.717) is 13.1 Å². The Morgan fingerprint density at radius 2 is 1.17 bits per heavy atom. The minimum absolute atomic E-state index is 0.0852. The van der Waals surface area contributed by atoms with Crippen LogP contribution in [-0.4, -0.2) is 39.3 Å². The Bertz CT molecular complexity index is 1500. The van der Waals surface area contributed by atoms with E-state index in [-0.39, 0.29) is 23.9 Å². The number of carbonyl (C=O) groups is 2. The average Bonchev–Trinajstić information content (AvgIpc) is 3.45. The van der Waals surface area contributed by atoms with Crippen molar-refractivity contribution in [3.8, 4) is 0 Å². The van der Waals surface area contributed by atoms with Gasteiger partial charge in [-0.25, -0.2) is 0 Å². The van der Waals surface area contributed by atoms with Crippen LogP contribution in [0.2, 0.25) is 0 Å². The summed E-state index contributed by atoms with van der Waals surface area (Å²) in [6.07, 6.45) is 1.76. The number of aryl methyl sites for hydroxylation is 1. The maximum atomic E-state index is 13.6. The van der Waals surface area contributed by atoms with Gasteiger partial charge in [-0.2, -0.15) is 0 Å². The van der Waals surface area contributed by atoms with Crippen LogP contribution in [0.5, 0.6) is 0 Å². The summed E-state index contributed by atoms with van der Waals surface area (Å²) in [6, 6.07) is 24.1. The van der Waals surface area contributed by atoms with Gasteiger partial charge in [0.2, 0.25) is 0 Å². The molecule has 5 heteroatoms. The van der Waals surface area contributed by atoms with Gasteiger partial charge in [0.05, 0.1) is 17.8 Å². The quantitative estimate of drug-likeness (QED) is 0.337. The molecule has 2 unspecified atom stereocenters. The highest BCUT2D eigenvalue weighted by Crippen LogP contribution is 2.49. The van der Waals surface area contributed by atoms with Gasteiger partial charge in [-0.3, -0.25) is 9.59 Å². The maximum Gasteiger partial charge on any atom is 0.255 e. The molecule has 0 fully saturated rings. The Kier molecular flexibility index (Phi) is 5.44. The lowest BCUT2D eigenvalue weighted by molar-refractivity contribution is 0.0726. The number of rotatable bonds is 6. The van der Waals surface area contributed by atoms with Crippen LogP contribution >= 0.6 is 0 Å². The van der Waals surface area contributed by atoms with Gasteiger partial charge < -0.3 is 14.4 Å². The summed E-state index contributed by atoms with van der Waals surface area (Å²) in [5.41, 5.74) is 7.00. The number of amides is 2. The lowest BCUT2D eigenvalue weighted by Gasteiger charge is -2.31. The van der Waals surface area contributed by atoms with Crippen molar-refractivity contribution in [2.75, 3.05) is 13.1 Å². The van der Waals surface area contributed by atoms with E-state index in [0.717, 1.165) is 57.3 Å². The van der Waals surface area contributed by atoms with Crippen molar-refractivity contribution >= 4 is 22.7 Å². The van der Waals surface area contributed by atoms with E-state index in [1.807, 2.05) is 46.2 Å². The molecule has 0 radical (unpaired) electrons. The first-order chi connectivity index (χ1) is 17.6. The lowest BCUT2D eigenvalue weighted by Crippen LogP contribution is -2.33. The van der Waals surface area contributed by atoms with Gasteiger partial charge in [0.1, 0.15) is 0 Å². The van der Waals surface area contributed by atoms with Crippen molar-refractivity contribution < 1.29 is 9.59 Å². The summed E-state index contributed by atoms with van der Waals surface area (Å²) in [5, 5.41) is 1.14. The van der Waals surface area contributed by atoms with Crippen molar-refractivity contribution in [3.05, 3.63) is 106 Å². The SMILES string of the molecule is CCCN1C(=O)c2ccccc2C1c1c(C2c3ccccc3C(=O)N2CCC)n(C)c2ccccc12. The first kappa shape index (κ1) is 22.6. The second kappa shape index (κ2) is 8.66. The fourth-order valence-electron chi connectivity index (χ4n) is 6.35. The molecule has 2 amide bonds. The number of aromatic nitrogens is 1. The molecule has 0 N–H and O–H groups in total. The topological polar surface area (TPSA) is 45.6 Å². The zero-order valence-electron chi connectivity index (χ0n) is 21.1. The third kappa shape index (κ3) is 3.08. The highest BCUT2D eigenvalue weighted by atomic mass is 16.2. The number of hydrogen-bond donors (Lipinski definition) is 0. The number of benzene rings is 3. The third-order valence-corrected chi connectivity index (χ3v) is 7.77. The number of nitrogens with zero attached hydrogens (tertiary/aromatic N) is 3. The van der Waals surface area contributed by atoms with Crippen molar-refractivity contribution in [2.24, 2.45) is 7.05 Å². The molecule has 182 valence electrons. The van der Waals surface area contributed by atoms with Gasteiger partial charge in [-0.15, -0.1) is 0 Å². The largest absolute Gasteiger partial charge is 0.345 e. The Morgan fingerprint density at radius 1 is 0.667 bits per heavy atom. The zero-order chi connectivity index (χ0) is 25.0. The van der Waals surface area contributed by atoms with Crippen LogP contribution < -0.4 is 0 Å². The molecule has 0 spiro atoms. The molecular weight excluding hydrogens is 446 g/mol. The molecule has 2 atom stereocenters. The summed E-state index contributed by atoms with van der Waals surface area (Å²) in [4.78, 5) is 31.3. The van der Waals surface area contributed by atoms with Gasteiger partial charge >= 0.3 is 0 Å². The second-order valence-corrected chi connectivity index (χ2v) is 9.85. The van der Waals surface area contributed by atoms with Gasteiger partial charge in [-0.05, 0) is 42.2 Å². The third-order valence-electron chi connectivity index (χ3n) is 7.77. The highest BCUT2D eigenvalue weighted by Gasteiger charge is 2.45. The smallest absolute Gasteiger partial charge is 0.255 e. The fourth-order valence-corrected chi connectivity index (χ4v) is 6.35. The molecule has 3 aromatic carbocycles. The van der Waals surface area contributed by atoms with Gasteiger partial charge in [0.15, 0.2) is 0 Å². The number of carbonyl (C=O) groups excluding carboxylic acids is 2. The van der Waals surface area contributed by atoms with Crippen molar-refractivity contribution in [1.82, 2.24) is 14.4 Å². The average molecular weight is 478 g/mol. The van der Waals surface area contributed by atoms with E-state index in [1.54, 1.807) is 0 Å². The van der Waals surface area contributed by atoms with Crippen molar-refractivity contribution in [3.63, 3.8) is 0 Å². The summed E-state index contributed by atoms with van der Waals surface area (Å²) >= 11 is 0. The summed E-state index contributed by atoms with van der Waals surface area (Å²) < 4.78 is 2.25. The molecule has 0 bridgehead atoms. The summed E-state index contributed by atoms with van der Waals surface area (Å²) in [5.74, 6) is 0.173. The molecule has 5 nitrogen and oxygen atoms in total. The Balaban J connectivity index is 1.68. The van der Waals surface area contributed by atoms with Crippen molar-refractivity contribution in [1.29, 1.82) is 0 Å². The van der Waals surface area contributed by atoms with Crippen molar-refractivity contribution in [2.45, 2.75) is 38.8 Å². The number of para-hydroxylation sites is 1. The zero-order valence-corrected chi connectivity index (χ0v) is 21.1. The van der Waals surface area contributed by atoms with E-state index < -0.39 is 0 Å². The molecule has 0 saturated heterocycles. The van der Waals surface area contributed by atoms with Crippen LogP contribution in [-0.2, 0) is 7.05 Å². The van der Waals surface area contributed by atoms with Crippen LogP contribution in [0, 0.1) is 0 Å². The predicted molar refractivity (Wildman–Crippen MR) is 142 cm³/mol. The number of fused-ring (bicyclic) bond motifs is 3. The molecule has 2 aliphatic rings. The van der Waals surface area contributed by atoms with Gasteiger partial charge in [0.25, 0.3) is 11.8 Å². The Morgan fingerprint density at radius 3 is 1.78 bits per heavy atom. The van der Waals surface area contributed by atoms with E-state index in [9.17, 15) is 9.59 Å². The van der Waals surface area contributed by atoms with Crippen LogP contribution in [0.25, 0.3) is 10.9 Å². The van der Waals surface area contributed by atoms with Crippen LogP contribution in [0.15, 0.2) is 72.8 Å². The van der Waals surface area contributed by atoms with Gasteiger partial charge in [0, 0.05) is 47.7 Å². The fraction of sp³-hybridized carbons (Fsp3) is 0.290. The minimum Gasteiger partial charge on any atom is -0.345 e. The van der Waals surface area contributed by atoms with E-state index in [2.05, 4.69) is 61.9 Å². The van der Waals surface area contributed by atoms with E-state index in [4.69, 9.17) is 0 Å². The monoisotopic (exact) mass is 477 g/mol. The molecule has 0 saturated carbocycles. The first-order valence-corrected chi connectivity index (χ1v) is 12.9. The Labute approximate surface area is 211 Å². The summed E-state index contributed by atoms with van der Waals surface area (Å²) in [7, 11) is 2.10. The summed E-state index contributed by atoms with van der Waals surface area (Å²) in [6.45, 7) is 5.59. The van der Waals surface area contributed by atoms with Crippen LogP contribution in [0.1, 0.15) is 81.9 Å². The molecule has 36 heavy (non-hydrogen) atoms. The molecular formula is C31H31N3O2. The molecule has 6 rings (SSSR count). The number of hydrogen-bond acceptors (Lipinski definition) is 2. The molecule has 0 aliphatic carbocycles. The van der Waals surface area contributed by atoms with Gasteiger partial charge in [-0.1, -0.05) is 68.4 Å². The van der Waals surface area contributed by atoms with E-state index >= 15 is 0 Å². The minimum atomic E-state index is -0.201. The molecule has 2 aliphatic heterocycles. The predicted octanol–water partition coefficient (Wildman–Crippen LogP) is 6.09. The highest BCUT2D eigenvalue weighted by molar-refractivity contribution is 6.02.